The molecular formula is C12H23NO2S. The van der Waals surface area contributed by atoms with E-state index in [9.17, 15) is 8.42 Å². The van der Waals surface area contributed by atoms with Crippen LogP contribution in [0.25, 0.3) is 0 Å². The Kier molecular flexibility index (Phi) is 4.25. The lowest BCUT2D eigenvalue weighted by atomic mass is 10.0. The first kappa shape index (κ1) is 12.4. The molecule has 0 aromatic carbocycles. The molecule has 0 bridgehead atoms. The van der Waals surface area contributed by atoms with Crippen molar-refractivity contribution in [3.8, 4) is 0 Å². The minimum atomic E-state index is -2.71. The second-order valence-corrected chi connectivity index (χ2v) is 7.58. The van der Waals surface area contributed by atoms with E-state index in [-0.39, 0.29) is 6.04 Å². The molecule has 94 valence electrons. The van der Waals surface area contributed by atoms with Crippen molar-refractivity contribution in [2.45, 2.75) is 51.0 Å². The maximum atomic E-state index is 11.2. The van der Waals surface area contributed by atoms with Crippen LogP contribution in [0.1, 0.15) is 44.9 Å². The Hall–Kier alpha value is -0.0900. The van der Waals surface area contributed by atoms with Gasteiger partial charge >= 0.3 is 0 Å². The molecule has 4 heteroatoms. The van der Waals surface area contributed by atoms with Crippen LogP contribution in [0, 0.1) is 5.92 Å². The van der Waals surface area contributed by atoms with Crippen molar-refractivity contribution in [1.29, 1.82) is 0 Å². The fraction of sp³-hybridized carbons (Fsp3) is 1.00. The van der Waals surface area contributed by atoms with Gasteiger partial charge in [0.1, 0.15) is 0 Å². The van der Waals surface area contributed by atoms with Crippen molar-refractivity contribution in [2.24, 2.45) is 5.92 Å². The monoisotopic (exact) mass is 245 g/mol. The van der Waals surface area contributed by atoms with Crippen molar-refractivity contribution >= 4 is 9.84 Å². The van der Waals surface area contributed by atoms with Gasteiger partial charge in [-0.2, -0.15) is 0 Å². The van der Waals surface area contributed by atoms with E-state index in [2.05, 4.69) is 5.32 Å². The van der Waals surface area contributed by atoms with Crippen molar-refractivity contribution < 1.29 is 8.42 Å². The van der Waals surface area contributed by atoms with Gasteiger partial charge < -0.3 is 5.32 Å². The lowest BCUT2D eigenvalue weighted by Gasteiger charge is -2.12. The molecule has 1 atom stereocenters. The van der Waals surface area contributed by atoms with Crippen LogP contribution in [0.5, 0.6) is 0 Å². The lowest BCUT2D eigenvalue weighted by Crippen LogP contribution is -2.30. The first-order valence-corrected chi connectivity index (χ1v) is 8.42. The van der Waals surface area contributed by atoms with Crippen molar-refractivity contribution in [3.05, 3.63) is 0 Å². The van der Waals surface area contributed by atoms with Crippen LogP contribution in [0.15, 0.2) is 0 Å². The van der Waals surface area contributed by atoms with E-state index >= 15 is 0 Å². The molecule has 2 aliphatic rings. The highest BCUT2D eigenvalue weighted by Gasteiger charge is 2.27. The SMILES string of the molecule is O=S1(=O)CCC(NCCCC2CCCC2)C1. The Bertz CT molecular complexity index is 307. The molecule has 0 amide bonds. The third-order valence-corrected chi connectivity index (χ3v) is 5.70. The molecule has 1 saturated heterocycles. The number of sulfone groups is 1. The number of nitrogens with one attached hydrogen (secondary N) is 1. The molecule has 1 saturated carbocycles. The summed E-state index contributed by atoms with van der Waals surface area (Å²) in [7, 11) is -2.71. The molecule has 2 rings (SSSR count). The Labute approximate surface area is 98.9 Å². The minimum absolute atomic E-state index is 0.230. The van der Waals surface area contributed by atoms with Crippen molar-refractivity contribution in [1.82, 2.24) is 5.32 Å². The molecule has 1 N–H and O–H groups in total. The number of rotatable bonds is 5. The summed E-state index contributed by atoms with van der Waals surface area (Å²) < 4.78 is 22.5. The molecule has 1 unspecified atom stereocenters. The maximum absolute atomic E-state index is 11.2. The summed E-state index contributed by atoms with van der Waals surface area (Å²) in [6, 6.07) is 0.230. The van der Waals surface area contributed by atoms with Gasteiger partial charge in [-0.3, -0.25) is 0 Å². The van der Waals surface area contributed by atoms with Gasteiger partial charge in [0.2, 0.25) is 0 Å². The zero-order valence-corrected chi connectivity index (χ0v) is 10.8. The van der Waals surface area contributed by atoms with E-state index in [0.29, 0.717) is 11.5 Å². The van der Waals surface area contributed by atoms with Crippen LogP contribution < -0.4 is 5.32 Å². The fourth-order valence-corrected chi connectivity index (χ4v) is 4.66. The second kappa shape index (κ2) is 5.50. The Morgan fingerprint density at radius 1 is 1.12 bits per heavy atom. The van der Waals surface area contributed by atoms with E-state index in [1.807, 2.05) is 0 Å². The van der Waals surface area contributed by atoms with E-state index in [4.69, 9.17) is 0 Å². The van der Waals surface area contributed by atoms with Gasteiger partial charge in [0.05, 0.1) is 11.5 Å². The molecule has 1 heterocycles. The largest absolute Gasteiger partial charge is 0.313 e. The quantitative estimate of drug-likeness (QED) is 0.750. The first-order chi connectivity index (χ1) is 7.66. The molecule has 0 aromatic rings. The molecule has 2 fully saturated rings. The maximum Gasteiger partial charge on any atom is 0.151 e. The van der Waals surface area contributed by atoms with Crippen molar-refractivity contribution in [2.75, 3.05) is 18.1 Å². The zero-order valence-electron chi connectivity index (χ0n) is 9.95. The van der Waals surface area contributed by atoms with Gasteiger partial charge in [-0.05, 0) is 31.7 Å². The minimum Gasteiger partial charge on any atom is -0.313 e. The van der Waals surface area contributed by atoms with Gasteiger partial charge in [0.25, 0.3) is 0 Å². The fourth-order valence-electron chi connectivity index (χ4n) is 2.95. The predicted octanol–water partition coefficient (Wildman–Crippen LogP) is 1.73. The van der Waals surface area contributed by atoms with Gasteiger partial charge in [0.15, 0.2) is 9.84 Å². The highest BCUT2D eigenvalue weighted by Crippen LogP contribution is 2.28. The molecule has 16 heavy (non-hydrogen) atoms. The standard InChI is InChI=1S/C12H23NO2S/c14-16(15)9-7-12(10-16)13-8-3-6-11-4-1-2-5-11/h11-13H,1-10H2. The molecule has 0 aromatic heterocycles. The van der Waals surface area contributed by atoms with Crippen LogP contribution in [-0.2, 0) is 9.84 Å². The zero-order chi connectivity index (χ0) is 11.4. The molecule has 3 nitrogen and oxygen atoms in total. The van der Waals surface area contributed by atoms with E-state index < -0.39 is 9.84 Å². The third-order valence-electron chi connectivity index (χ3n) is 3.93. The summed E-state index contributed by atoms with van der Waals surface area (Å²) in [6.45, 7) is 0.997. The van der Waals surface area contributed by atoms with Crippen LogP contribution in [0.2, 0.25) is 0 Å². The number of hydrogen-bond acceptors (Lipinski definition) is 3. The van der Waals surface area contributed by atoms with Gasteiger partial charge in [-0.25, -0.2) is 8.42 Å². The molecular weight excluding hydrogens is 222 g/mol. The van der Waals surface area contributed by atoms with E-state index in [1.54, 1.807) is 0 Å². The van der Waals surface area contributed by atoms with Gasteiger partial charge in [-0.15, -0.1) is 0 Å². The average molecular weight is 245 g/mol. The van der Waals surface area contributed by atoms with E-state index in [1.165, 1.54) is 38.5 Å². The summed E-state index contributed by atoms with van der Waals surface area (Å²) in [6.07, 6.45) is 9.01. The van der Waals surface area contributed by atoms with Crippen LogP contribution >= 0.6 is 0 Å². The lowest BCUT2D eigenvalue weighted by molar-refractivity contribution is 0.454. The first-order valence-electron chi connectivity index (χ1n) is 6.59. The van der Waals surface area contributed by atoms with E-state index in [0.717, 1.165) is 18.9 Å². The smallest absolute Gasteiger partial charge is 0.151 e. The second-order valence-electron chi connectivity index (χ2n) is 5.35. The topological polar surface area (TPSA) is 46.2 Å². The summed E-state index contributed by atoms with van der Waals surface area (Å²) in [4.78, 5) is 0. The molecule has 1 aliphatic heterocycles. The Morgan fingerprint density at radius 3 is 2.50 bits per heavy atom. The highest BCUT2D eigenvalue weighted by atomic mass is 32.2. The molecule has 0 radical (unpaired) electrons. The summed E-state index contributed by atoms with van der Waals surface area (Å²) in [5.74, 6) is 1.69. The summed E-state index contributed by atoms with van der Waals surface area (Å²) in [5, 5.41) is 3.38. The van der Waals surface area contributed by atoms with Gasteiger partial charge in [0, 0.05) is 6.04 Å². The summed E-state index contributed by atoms with van der Waals surface area (Å²) in [5.41, 5.74) is 0. The number of hydrogen-bond donors (Lipinski definition) is 1. The Morgan fingerprint density at radius 2 is 1.88 bits per heavy atom. The summed E-state index contributed by atoms with van der Waals surface area (Å²) >= 11 is 0. The average Bonchev–Trinajstić information content (AvgIpc) is 2.82. The Balaban J connectivity index is 1.55. The van der Waals surface area contributed by atoms with Crippen LogP contribution in [0.3, 0.4) is 0 Å². The highest BCUT2D eigenvalue weighted by molar-refractivity contribution is 7.91. The van der Waals surface area contributed by atoms with Gasteiger partial charge in [-0.1, -0.05) is 25.7 Å². The van der Waals surface area contributed by atoms with Crippen molar-refractivity contribution in [3.63, 3.8) is 0 Å². The predicted molar refractivity (Wildman–Crippen MR) is 66.3 cm³/mol. The molecule has 1 aliphatic carbocycles. The molecule has 0 spiro atoms. The third kappa shape index (κ3) is 3.74. The van der Waals surface area contributed by atoms with Crippen LogP contribution in [0.4, 0.5) is 0 Å². The normalized spacial score (nSPS) is 29.9. The van der Waals surface area contributed by atoms with Crippen LogP contribution in [-0.4, -0.2) is 32.5 Å².